The molecule has 130 valence electrons. The van der Waals surface area contributed by atoms with Gasteiger partial charge in [0.25, 0.3) is 5.69 Å². The zero-order valence-corrected chi connectivity index (χ0v) is 13.1. The number of hydrogen-bond donors (Lipinski definition) is 1. The molecule has 25 heavy (non-hydrogen) atoms. The summed E-state index contributed by atoms with van der Waals surface area (Å²) in [5.41, 5.74) is -1.40. The fraction of sp³-hybridized carbons (Fsp3) is 0.0625. The van der Waals surface area contributed by atoms with E-state index in [0.29, 0.717) is 5.56 Å². The molecular weight excluding hydrogens is 361 g/mol. The highest BCUT2D eigenvalue weighted by atomic mass is 35.5. The van der Waals surface area contributed by atoms with E-state index in [1.807, 2.05) is 0 Å². The van der Waals surface area contributed by atoms with Crippen molar-refractivity contribution in [3.63, 3.8) is 0 Å². The molecule has 5 nitrogen and oxygen atoms in total. The number of hydrogen-bond acceptors (Lipinski definition) is 3. The Morgan fingerprint density at radius 1 is 1.20 bits per heavy atom. The third-order valence-electron chi connectivity index (χ3n) is 3.08. The summed E-state index contributed by atoms with van der Waals surface area (Å²) in [6.45, 7) is 0. The maximum Gasteiger partial charge on any atom is 0.418 e. The van der Waals surface area contributed by atoms with Gasteiger partial charge in [0.2, 0.25) is 5.91 Å². The van der Waals surface area contributed by atoms with Gasteiger partial charge in [0, 0.05) is 12.1 Å². The topological polar surface area (TPSA) is 72.2 Å². The Hall–Kier alpha value is -2.87. The lowest BCUT2D eigenvalue weighted by Crippen LogP contribution is -2.14. The lowest BCUT2D eigenvalue weighted by atomic mass is 10.1. The van der Waals surface area contributed by atoms with Crippen molar-refractivity contribution in [3.8, 4) is 0 Å². The van der Waals surface area contributed by atoms with Gasteiger partial charge in [0.1, 0.15) is 5.02 Å². The van der Waals surface area contributed by atoms with Crippen LogP contribution in [0.25, 0.3) is 6.08 Å². The van der Waals surface area contributed by atoms with Crippen molar-refractivity contribution >= 4 is 35.0 Å². The molecule has 0 radical (unpaired) electrons. The van der Waals surface area contributed by atoms with Gasteiger partial charge in [-0.05, 0) is 29.8 Å². The second-order valence-electron chi connectivity index (χ2n) is 4.83. The SMILES string of the molecule is O=C(/C=C/c1ccc(Cl)c([N+](=O)[O-])c1)Nc1ccccc1C(F)(F)F. The van der Waals surface area contributed by atoms with Crippen LogP contribution in [-0.2, 0) is 11.0 Å². The van der Waals surface area contributed by atoms with Crippen LogP contribution in [-0.4, -0.2) is 10.8 Å². The number of nitro groups is 1. The standard InChI is InChI=1S/C16H10ClF3N2O3/c17-12-7-5-10(9-14(12)22(24)25)6-8-15(23)21-13-4-2-1-3-11(13)16(18,19)20/h1-9H,(H,21,23)/b8-6+. The minimum absolute atomic E-state index is 0.0642. The molecule has 0 aliphatic carbocycles. The van der Waals surface area contributed by atoms with E-state index in [9.17, 15) is 28.1 Å². The second kappa shape index (κ2) is 7.35. The number of anilines is 1. The average molecular weight is 371 g/mol. The molecule has 0 heterocycles. The van der Waals surface area contributed by atoms with Crippen LogP contribution in [0.4, 0.5) is 24.5 Å². The smallest absolute Gasteiger partial charge is 0.322 e. The Bertz CT molecular complexity index is 851. The zero-order chi connectivity index (χ0) is 18.6. The largest absolute Gasteiger partial charge is 0.418 e. The Balaban J connectivity index is 2.18. The number of carbonyl (C=O) groups is 1. The predicted octanol–water partition coefficient (Wildman–Crippen LogP) is 4.92. The van der Waals surface area contributed by atoms with E-state index in [4.69, 9.17) is 11.6 Å². The number of nitrogens with zero attached hydrogens (tertiary/aromatic N) is 1. The van der Waals surface area contributed by atoms with Crippen LogP contribution in [0.2, 0.25) is 5.02 Å². The van der Waals surface area contributed by atoms with Crippen LogP contribution >= 0.6 is 11.6 Å². The van der Waals surface area contributed by atoms with Crippen molar-refractivity contribution in [3.05, 3.63) is 74.8 Å². The molecule has 0 unspecified atom stereocenters. The van der Waals surface area contributed by atoms with E-state index in [2.05, 4.69) is 5.32 Å². The molecule has 1 N–H and O–H groups in total. The Morgan fingerprint density at radius 2 is 1.88 bits per heavy atom. The lowest BCUT2D eigenvalue weighted by Gasteiger charge is -2.12. The zero-order valence-electron chi connectivity index (χ0n) is 12.4. The first-order valence-electron chi connectivity index (χ1n) is 6.77. The van der Waals surface area contributed by atoms with Crippen molar-refractivity contribution in [2.24, 2.45) is 0 Å². The number of nitro benzene ring substituents is 1. The summed E-state index contributed by atoms with van der Waals surface area (Å²) < 4.78 is 38.6. The highest BCUT2D eigenvalue weighted by Crippen LogP contribution is 2.34. The molecule has 0 atom stereocenters. The van der Waals surface area contributed by atoms with Gasteiger partial charge in [0.05, 0.1) is 16.2 Å². The van der Waals surface area contributed by atoms with Crippen LogP contribution in [0, 0.1) is 10.1 Å². The van der Waals surface area contributed by atoms with Crippen molar-refractivity contribution in [1.82, 2.24) is 0 Å². The van der Waals surface area contributed by atoms with Crippen LogP contribution in [0.3, 0.4) is 0 Å². The van der Waals surface area contributed by atoms with E-state index < -0.39 is 22.6 Å². The van der Waals surface area contributed by atoms with E-state index in [1.165, 1.54) is 30.3 Å². The number of alkyl halides is 3. The van der Waals surface area contributed by atoms with Crippen LogP contribution < -0.4 is 5.32 Å². The van der Waals surface area contributed by atoms with Gasteiger partial charge in [-0.15, -0.1) is 0 Å². The van der Waals surface area contributed by atoms with E-state index >= 15 is 0 Å². The van der Waals surface area contributed by atoms with Crippen LogP contribution in [0.5, 0.6) is 0 Å². The summed E-state index contributed by atoms with van der Waals surface area (Å²) in [4.78, 5) is 21.9. The van der Waals surface area contributed by atoms with Crippen LogP contribution in [0.1, 0.15) is 11.1 Å². The molecule has 0 saturated carbocycles. The number of para-hydroxylation sites is 1. The molecule has 0 fully saturated rings. The molecule has 0 aromatic heterocycles. The third-order valence-corrected chi connectivity index (χ3v) is 3.40. The van der Waals surface area contributed by atoms with Gasteiger partial charge >= 0.3 is 6.18 Å². The molecule has 0 saturated heterocycles. The van der Waals surface area contributed by atoms with Crippen molar-refractivity contribution in [1.29, 1.82) is 0 Å². The van der Waals surface area contributed by atoms with Gasteiger partial charge in [-0.1, -0.05) is 29.8 Å². The fourth-order valence-corrected chi connectivity index (χ4v) is 2.15. The third kappa shape index (κ3) is 4.80. The summed E-state index contributed by atoms with van der Waals surface area (Å²) in [5.74, 6) is -0.811. The van der Waals surface area contributed by atoms with Gasteiger partial charge in [-0.3, -0.25) is 14.9 Å². The van der Waals surface area contributed by atoms with Crippen LogP contribution in [0.15, 0.2) is 48.5 Å². The highest BCUT2D eigenvalue weighted by Gasteiger charge is 2.33. The van der Waals surface area contributed by atoms with E-state index in [0.717, 1.165) is 24.3 Å². The number of amides is 1. The second-order valence-corrected chi connectivity index (χ2v) is 5.24. The van der Waals surface area contributed by atoms with E-state index in [-0.39, 0.29) is 16.4 Å². The minimum atomic E-state index is -4.61. The molecule has 9 heteroatoms. The van der Waals surface area contributed by atoms with Gasteiger partial charge in [0.15, 0.2) is 0 Å². The molecule has 0 spiro atoms. The molecule has 0 aliphatic heterocycles. The number of halogens is 4. The number of nitrogens with one attached hydrogen (secondary N) is 1. The highest BCUT2D eigenvalue weighted by molar-refractivity contribution is 6.32. The maximum absolute atomic E-state index is 12.9. The molecular formula is C16H10ClF3N2O3. The van der Waals surface area contributed by atoms with Gasteiger partial charge in [-0.2, -0.15) is 13.2 Å². The monoisotopic (exact) mass is 370 g/mol. The molecule has 2 aromatic rings. The summed E-state index contributed by atoms with van der Waals surface area (Å²) >= 11 is 5.67. The van der Waals surface area contributed by atoms with Gasteiger partial charge in [-0.25, -0.2) is 0 Å². The normalized spacial score (nSPS) is 11.5. The summed E-state index contributed by atoms with van der Waals surface area (Å²) in [7, 11) is 0. The Kier molecular flexibility index (Phi) is 5.43. The summed E-state index contributed by atoms with van der Waals surface area (Å²) in [6.07, 6.45) is -2.40. The number of rotatable bonds is 4. The first-order chi connectivity index (χ1) is 11.7. The Morgan fingerprint density at radius 3 is 2.52 bits per heavy atom. The van der Waals surface area contributed by atoms with Gasteiger partial charge < -0.3 is 5.32 Å². The first kappa shape index (κ1) is 18.5. The molecule has 1 amide bonds. The fourth-order valence-electron chi connectivity index (χ4n) is 1.96. The minimum Gasteiger partial charge on any atom is -0.322 e. The summed E-state index contributed by atoms with van der Waals surface area (Å²) in [6, 6.07) is 8.41. The van der Waals surface area contributed by atoms with Crippen molar-refractivity contribution < 1.29 is 22.9 Å². The summed E-state index contributed by atoms with van der Waals surface area (Å²) in [5, 5.41) is 12.9. The van der Waals surface area contributed by atoms with Crippen molar-refractivity contribution in [2.45, 2.75) is 6.18 Å². The molecule has 2 aromatic carbocycles. The Labute approximate surface area is 144 Å². The number of carbonyl (C=O) groups excluding carboxylic acids is 1. The maximum atomic E-state index is 12.9. The molecule has 2 rings (SSSR count). The van der Waals surface area contributed by atoms with Crippen molar-refractivity contribution in [2.75, 3.05) is 5.32 Å². The molecule has 0 aliphatic rings. The average Bonchev–Trinajstić information content (AvgIpc) is 2.53. The number of benzene rings is 2. The molecule has 0 bridgehead atoms. The van der Waals surface area contributed by atoms with E-state index in [1.54, 1.807) is 0 Å². The lowest BCUT2D eigenvalue weighted by molar-refractivity contribution is -0.384. The first-order valence-corrected chi connectivity index (χ1v) is 7.15. The quantitative estimate of drug-likeness (QED) is 0.471. The predicted molar refractivity (Wildman–Crippen MR) is 87.2 cm³/mol.